The summed E-state index contributed by atoms with van der Waals surface area (Å²) in [5, 5.41) is 3.67. The molecule has 2 aliphatic rings. The summed E-state index contributed by atoms with van der Waals surface area (Å²) >= 11 is 9.55. The lowest BCUT2D eigenvalue weighted by Crippen LogP contribution is -2.25. The Morgan fingerprint density at radius 3 is 2.80 bits per heavy atom. The van der Waals surface area contributed by atoms with Gasteiger partial charge >= 0.3 is 0 Å². The average Bonchev–Trinajstić information content (AvgIpc) is 2.79. The quantitative estimate of drug-likeness (QED) is 0.795. The number of carbonyl (C=O) groups is 1. The Balaban J connectivity index is 1.76. The van der Waals surface area contributed by atoms with Crippen LogP contribution in [0.4, 0.5) is 5.69 Å². The van der Waals surface area contributed by atoms with Crippen molar-refractivity contribution in [2.75, 3.05) is 5.32 Å². The summed E-state index contributed by atoms with van der Waals surface area (Å²) in [5.74, 6) is 0.00543. The van der Waals surface area contributed by atoms with E-state index in [2.05, 4.69) is 26.2 Å². The normalized spacial score (nSPS) is 23.1. The van der Waals surface area contributed by atoms with Gasteiger partial charge in [0.15, 0.2) is 5.78 Å². The van der Waals surface area contributed by atoms with Gasteiger partial charge in [-0.2, -0.15) is 0 Å². The van der Waals surface area contributed by atoms with Crippen LogP contribution in [0.2, 0.25) is 5.02 Å². The third-order valence-electron chi connectivity index (χ3n) is 3.96. The Kier molecular flexibility index (Phi) is 4.13. The fourth-order valence-electron chi connectivity index (χ4n) is 2.84. The van der Waals surface area contributed by atoms with E-state index in [9.17, 15) is 4.79 Å². The molecule has 1 heterocycles. The van der Waals surface area contributed by atoms with E-state index >= 15 is 0 Å². The second-order valence-electron chi connectivity index (χ2n) is 5.36. The van der Waals surface area contributed by atoms with Gasteiger partial charge in [0.1, 0.15) is 6.04 Å². The molecule has 0 spiro atoms. The fraction of sp³-hybridized carbons (Fsp3) is 0.467. The standard InChI is InChI=1S/C15H16BrClN2O/c16-10-6-7-11-13(14(10)17)15(20)12(19-11)8-18-9-4-2-1-3-5-9/h6-9,12,19H,1-5H2/t12-/m1/s1. The molecule has 1 aromatic carbocycles. The van der Waals surface area contributed by atoms with Gasteiger partial charge in [0.2, 0.25) is 0 Å². The van der Waals surface area contributed by atoms with Gasteiger partial charge in [0, 0.05) is 22.4 Å². The summed E-state index contributed by atoms with van der Waals surface area (Å²) < 4.78 is 0.748. The van der Waals surface area contributed by atoms with Gasteiger partial charge in [0.25, 0.3) is 0 Å². The molecule has 0 aromatic heterocycles. The third-order valence-corrected chi connectivity index (χ3v) is 5.24. The topological polar surface area (TPSA) is 41.5 Å². The molecule has 1 aliphatic carbocycles. The van der Waals surface area contributed by atoms with Crippen LogP contribution in [0.1, 0.15) is 42.5 Å². The van der Waals surface area contributed by atoms with Crippen LogP contribution in [0.3, 0.4) is 0 Å². The number of nitrogens with zero attached hydrogens (tertiary/aromatic N) is 1. The molecule has 0 bridgehead atoms. The number of halogens is 2. The lowest BCUT2D eigenvalue weighted by Gasteiger charge is -2.17. The zero-order valence-electron chi connectivity index (χ0n) is 11.0. The molecule has 3 rings (SSSR count). The second kappa shape index (κ2) is 5.86. The van der Waals surface area contributed by atoms with Crippen LogP contribution in [0, 0.1) is 0 Å². The molecule has 0 unspecified atom stereocenters. The highest BCUT2D eigenvalue weighted by Crippen LogP contribution is 2.36. The van der Waals surface area contributed by atoms with Gasteiger partial charge in [-0.15, -0.1) is 0 Å². The predicted molar refractivity (Wildman–Crippen MR) is 86.3 cm³/mol. The Bertz CT molecular complexity index is 567. The summed E-state index contributed by atoms with van der Waals surface area (Å²) in [4.78, 5) is 17.0. The smallest absolute Gasteiger partial charge is 0.194 e. The number of anilines is 1. The van der Waals surface area contributed by atoms with E-state index in [1.54, 1.807) is 6.21 Å². The SMILES string of the molecule is O=C1c2c(ccc(Br)c2Cl)N[C@@H]1C=NC1CCCCC1. The molecule has 1 aromatic rings. The summed E-state index contributed by atoms with van der Waals surface area (Å²) in [6, 6.07) is 3.72. The van der Waals surface area contributed by atoms with Crippen LogP contribution in [-0.2, 0) is 0 Å². The molecular formula is C15H16BrClN2O. The van der Waals surface area contributed by atoms with Crippen molar-refractivity contribution < 1.29 is 4.79 Å². The van der Waals surface area contributed by atoms with E-state index in [0.717, 1.165) is 23.0 Å². The van der Waals surface area contributed by atoms with E-state index in [0.29, 0.717) is 16.6 Å². The van der Waals surface area contributed by atoms with Crippen LogP contribution in [0.5, 0.6) is 0 Å². The number of carbonyl (C=O) groups excluding carboxylic acids is 1. The van der Waals surface area contributed by atoms with Crippen molar-refractivity contribution in [3.63, 3.8) is 0 Å². The number of Topliss-reactive ketones (excluding diaryl/α,β-unsaturated/α-hetero) is 1. The van der Waals surface area contributed by atoms with Crippen molar-refractivity contribution in [1.29, 1.82) is 0 Å². The van der Waals surface area contributed by atoms with Crippen LogP contribution in [0.25, 0.3) is 0 Å². The maximum atomic E-state index is 12.4. The first kappa shape index (κ1) is 14.1. The van der Waals surface area contributed by atoms with Crippen molar-refractivity contribution in [3.05, 3.63) is 27.2 Å². The van der Waals surface area contributed by atoms with Gasteiger partial charge in [0.05, 0.1) is 10.6 Å². The number of hydrogen-bond donors (Lipinski definition) is 1. The van der Waals surface area contributed by atoms with E-state index in [-0.39, 0.29) is 11.8 Å². The summed E-state index contributed by atoms with van der Waals surface area (Å²) in [6.45, 7) is 0. The predicted octanol–water partition coefficient (Wildman–Crippen LogP) is 4.48. The largest absolute Gasteiger partial charge is 0.370 e. The van der Waals surface area contributed by atoms with Crippen molar-refractivity contribution in [3.8, 4) is 0 Å². The minimum Gasteiger partial charge on any atom is -0.370 e. The first-order valence-corrected chi connectivity index (χ1v) is 8.16. The zero-order valence-corrected chi connectivity index (χ0v) is 13.4. The molecule has 1 fully saturated rings. The summed E-state index contributed by atoms with van der Waals surface area (Å²) in [7, 11) is 0. The Hall–Kier alpha value is -0.870. The van der Waals surface area contributed by atoms with Crippen molar-refractivity contribution in [2.45, 2.75) is 44.2 Å². The van der Waals surface area contributed by atoms with Gasteiger partial charge in [-0.3, -0.25) is 9.79 Å². The molecule has 0 saturated heterocycles. The molecule has 3 nitrogen and oxygen atoms in total. The lowest BCUT2D eigenvalue weighted by molar-refractivity contribution is 0.1000. The highest BCUT2D eigenvalue weighted by molar-refractivity contribution is 9.10. The van der Waals surface area contributed by atoms with Crippen LogP contribution in [-0.4, -0.2) is 24.1 Å². The van der Waals surface area contributed by atoms with Crippen LogP contribution >= 0.6 is 27.5 Å². The fourth-order valence-corrected chi connectivity index (χ4v) is 3.43. The number of rotatable bonds is 2. The van der Waals surface area contributed by atoms with Crippen molar-refractivity contribution >= 4 is 45.2 Å². The number of fused-ring (bicyclic) bond motifs is 1. The first-order valence-electron chi connectivity index (χ1n) is 6.99. The Morgan fingerprint density at radius 2 is 2.05 bits per heavy atom. The highest BCUT2D eigenvalue weighted by Gasteiger charge is 2.31. The molecule has 0 radical (unpaired) electrons. The third kappa shape index (κ3) is 2.63. The molecule has 1 atom stereocenters. The number of ketones is 1. The number of nitrogens with one attached hydrogen (secondary N) is 1. The number of aliphatic imine (C=N–C) groups is 1. The summed E-state index contributed by atoms with van der Waals surface area (Å²) in [6.07, 6.45) is 7.83. The zero-order chi connectivity index (χ0) is 14.1. The maximum absolute atomic E-state index is 12.4. The Morgan fingerprint density at radius 1 is 1.30 bits per heavy atom. The van der Waals surface area contributed by atoms with Crippen LogP contribution in [0.15, 0.2) is 21.6 Å². The molecule has 5 heteroatoms. The lowest BCUT2D eigenvalue weighted by atomic mass is 9.96. The van der Waals surface area contributed by atoms with Gasteiger partial charge < -0.3 is 5.32 Å². The minimum absolute atomic E-state index is 0.00543. The second-order valence-corrected chi connectivity index (χ2v) is 6.59. The van der Waals surface area contributed by atoms with E-state index < -0.39 is 0 Å². The van der Waals surface area contributed by atoms with E-state index in [4.69, 9.17) is 11.6 Å². The molecule has 20 heavy (non-hydrogen) atoms. The highest BCUT2D eigenvalue weighted by atomic mass is 79.9. The van der Waals surface area contributed by atoms with Crippen molar-refractivity contribution in [1.82, 2.24) is 0 Å². The average molecular weight is 356 g/mol. The maximum Gasteiger partial charge on any atom is 0.194 e. The molecule has 1 saturated carbocycles. The number of benzene rings is 1. The molecule has 0 amide bonds. The van der Waals surface area contributed by atoms with Gasteiger partial charge in [-0.05, 0) is 40.9 Å². The molecular weight excluding hydrogens is 340 g/mol. The Labute approximate surface area is 131 Å². The molecule has 1 aliphatic heterocycles. The van der Waals surface area contributed by atoms with E-state index in [1.807, 2.05) is 12.1 Å². The van der Waals surface area contributed by atoms with Crippen LogP contribution < -0.4 is 5.32 Å². The summed E-state index contributed by atoms with van der Waals surface area (Å²) in [5.41, 5.74) is 1.37. The molecule has 1 N–H and O–H groups in total. The minimum atomic E-state index is -0.376. The van der Waals surface area contributed by atoms with Gasteiger partial charge in [-0.25, -0.2) is 0 Å². The van der Waals surface area contributed by atoms with Gasteiger partial charge in [-0.1, -0.05) is 30.9 Å². The monoisotopic (exact) mass is 354 g/mol. The first-order chi connectivity index (χ1) is 9.66. The number of hydrogen-bond acceptors (Lipinski definition) is 3. The van der Waals surface area contributed by atoms with Crippen molar-refractivity contribution in [2.24, 2.45) is 4.99 Å². The molecule has 106 valence electrons. The van der Waals surface area contributed by atoms with E-state index in [1.165, 1.54) is 19.3 Å².